The predicted octanol–water partition coefficient (Wildman–Crippen LogP) is 2.39. The van der Waals surface area contributed by atoms with Crippen molar-refractivity contribution in [2.24, 2.45) is 0 Å². The molecule has 24 heavy (non-hydrogen) atoms. The molecule has 0 amide bonds. The molecule has 2 aliphatic rings. The minimum Gasteiger partial charge on any atom is -0.367 e. The van der Waals surface area contributed by atoms with Crippen molar-refractivity contribution < 1.29 is 0 Å². The second-order valence-corrected chi connectivity index (χ2v) is 7.01. The van der Waals surface area contributed by atoms with E-state index >= 15 is 0 Å². The Labute approximate surface area is 143 Å². The average Bonchev–Trinajstić information content (AvgIpc) is 3.00. The number of nitrogens with zero attached hydrogens (tertiary/aromatic N) is 5. The van der Waals surface area contributed by atoms with Crippen molar-refractivity contribution in [3.05, 3.63) is 35.8 Å². The van der Waals surface area contributed by atoms with Crippen LogP contribution in [0.2, 0.25) is 0 Å². The Morgan fingerprint density at radius 1 is 1.12 bits per heavy atom. The number of hydrogen-bond donors (Lipinski definition) is 1. The molecule has 128 valence electrons. The van der Waals surface area contributed by atoms with Gasteiger partial charge in [0.2, 0.25) is 0 Å². The van der Waals surface area contributed by atoms with Crippen LogP contribution in [0.25, 0.3) is 0 Å². The zero-order valence-corrected chi connectivity index (χ0v) is 14.4. The SMILES string of the molecule is Cc1cc(NC2CCN(Cc3ncc4n3CCCC4)CC2)ncn1. The second kappa shape index (κ2) is 6.89. The molecule has 0 radical (unpaired) electrons. The Kier molecular flexibility index (Phi) is 4.47. The summed E-state index contributed by atoms with van der Waals surface area (Å²) >= 11 is 0. The van der Waals surface area contributed by atoms with Crippen molar-refractivity contribution in [1.82, 2.24) is 24.4 Å². The van der Waals surface area contributed by atoms with Gasteiger partial charge in [0.15, 0.2) is 0 Å². The molecular formula is C18H26N6. The number of nitrogens with one attached hydrogen (secondary N) is 1. The number of piperidine rings is 1. The van der Waals surface area contributed by atoms with E-state index in [2.05, 4.69) is 35.9 Å². The molecule has 1 N–H and O–H groups in total. The molecule has 0 aliphatic carbocycles. The molecule has 4 heterocycles. The summed E-state index contributed by atoms with van der Waals surface area (Å²) in [5.74, 6) is 2.20. The molecule has 6 nitrogen and oxygen atoms in total. The topological polar surface area (TPSA) is 58.9 Å². The molecule has 2 aromatic rings. The molecule has 0 unspecified atom stereocenters. The van der Waals surface area contributed by atoms with Crippen LogP contribution in [0.15, 0.2) is 18.6 Å². The molecule has 0 spiro atoms. The van der Waals surface area contributed by atoms with Crippen LogP contribution >= 0.6 is 0 Å². The average molecular weight is 326 g/mol. The van der Waals surface area contributed by atoms with Gasteiger partial charge in [-0.25, -0.2) is 15.0 Å². The highest BCUT2D eigenvalue weighted by molar-refractivity contribution is 5.35. The molecule has 0 atom stereocenters. The molecule has 0 saturated carbocycles. The van der Waals surface area contributed by atoms with Gasteiger partial charge in [0, 0.05) is 49.3 Å². The molecule has 6 heteroatoms. The van der Waals surface area contributed by atoms with Crippen LogP contribution in [0, 0.1) is 6.92 Å². The summed E-state index contributed by atoms with van der Waals surface area (Å²) in [6.07, 6.45) is 9.81. The third kappa shape index (κ3) is 3.43. The molecule has 0 bridgehead atoms. The van der Waals surface area contributed by atoms with E-state index in [1.165, 1.54) is 30.8 Å². The summed E-state index contributed by atoms with van der Waals surface area (Å²) < 4.78 is 2.44. The summed E-state index contributed by atoms with van der Waals surface area (Å²) in [7, 11) is 0. The van der Waals surface area contributed by atoms with E-state index in [0.29, 0.717) is 6.04 Å². The van der Waals surface area contributed by atoms with E-state index < -0.39 is 0 Å². The summed E-state index contributed by atoms with van der Waals surface area (Å²) in [5, 5.41) is 3.55. The van der Waals surface area contributed by atoms with Crippen LogP contribution in [0.3, 0.4) is 0 Å². The minimum absolute atomic E-state index is 0.504. The summed E-state index contributed by atoms with van der Waals surface area (Å²) in [6.45, 7) is 6.36. The maximum absolute atomic E-state index is 4.68. The number of rotatable bonds is 4. The van der Waals surface area contributed by atoms with Crippen LogP contribution in [0.5, 0.6) is 0 Å². The molecule has 2 aliphatic heterocycles. The van der Waals surface area contributed by atoms with Gasteiger partial charge in [0.05, 0.1) is 6.54 Å². The Hall–Kier alpha value is -1.95. The van der Waals surface area contributed by atoms with Gasteiger partial charge in [-0.1, -0.05) is 0 Å². The summed E-state index contributed by atoms with van der Waals surface area (Å²) in [6, 6.07) is 2.52. The van der Waals surface area contributed by atoms with Gasteiger partial charge in [-0.2, -0.15) is 0 Å². The van der Waals surface area contributed by atoms with Crippen molar-refractivity contribution >= 4 is 5.82 Å². The van der Waals surface area contributed by atoms with Crippen LogP contribution < -0.4 is 5.32 Å². The first kappa shape index (κ1) is 15.6. The number of anilines is 1. The normalized spacial score (nSPS) is 19.2. The van der Waals surface area contributed by atoms with E-state index in [4.69, 9.17) is 0 Å². The van der Waals surface area contributed by atoms with Crippen molar-refractivity contribution in [3.8, 4) is 0 Å². The first-order chi connectivity index (χ1) is 11.8. The lowest BCUT2D eigenvalue weighted by molar-refractivity contribution is 0.203. The Balaban J connectivity index is 1.31. The standard InChI is InChI=1S/C18H26N6/c1-14-10-17(21-13-20-14)22-15-5-8-23(9-6-15)12-18-19-11-16-4-2-3-7-24(16)18/h10-11,13,15H,2-9,12H2,1H3,(H,20,21,22). The van der Waals surface area contributed by atoms with E-state index in [0.717, 1.165) is 50.5 Å². The number of likely N-dealkylation sites (tertiary alicyclic amines) is 1. The monoisotopic (exact) mass is 326 g/mol. The van der Waals surface area contributed by atoms with Gasteiger partial charge >= 0.3 is 0 Å². The largest absolute Gasteiger partial charge is 0.367 e. The quantitative estimate of drug-likeness (QED) is 0.935. The highest BCUT2D eigenvalue weighted by Crippen LogP contribution is 2.20. The number of hydrogen-bond acceptors (Lipinski definition) is 5. The van der Waals surface area contributed by atoms with Gasteiger partial charge in [-0.15, -0.1) is 0 Å². The Bertz CT molecular complexity index is 687. The van der Waals surface area contributed by atoms with Gasteiger partial charge in [-0.05, 0) is 39.0 Å². The fourth-order valence-electron chi connectivity index (χ4n) is 3.81. The first-order valence-electron chi connectivity index (χ1n) is 9.09. The zero-order valence-electron chi connectivity index (χ0n) is 14.4. The number of aryl methyl sites for hydroxylation is 2. The summed E-state index contributed by atoms with van der Waals surface area (Å²) in [4.78, 5) is 15.7. The number of fused-ring (bicyclic) bond motifs is 1. The Morgan fingerprint density at radius 3 is 2.83 bits per heavy atom. The molecule has 1 fully saturated rings. The van der Waals surface area contributed by atoms with E-state index in [9.17, 15) is 0 Å². The van der Waals surface area contributed by atoms with Crippen LogP contribution in [0.4, 0.5) is 5.82 Å². The van der Waals surface area contributed by atoms with E-state index in [1.54, 1.807) is 6.33 Å². The maximum Gasteiger partial charge on any atom is 0.129 e. The lowest BCUT2D eigenvalue weighted by Crippen LogP contribution is -2.39. The van der Waals surface area contributed by atoms with Crippen LogP contribution in [-0.4, -0.2) is 43.6 Å². The lowest BCUT2D eigenvalue weighted by atomic mass is 10.0. The van der Waals surface area contributed by atoms with Crippen LogP contribution in [0.1, 0.15) is 42.9 Å². The van der Waals surface area contributed by atoms with E-state index in [1.807, 2.05) is 13.0 Å². The minimum atomic E-state index is 0.504. The van der Waals surface area contributed by atoms with Crippen molar-refractivity contribution in [3.63, 3.8) is 0 Å². The molecule has 4 rings (SSSR count). The van der Waals surface area contributed by atoms with Gasteiger partial charge in [-0.3, -0.25) is 4.90 Å². The molecule has 2 aromatic heterocycles. The third-order valence-electron chi connectivity index (χ3n) is 5.19. The lowest BCUT2D eigenvalue weighted by Gasteiger charge is -2.32. The molecular weight excluding hydrogens is 300 g/mol. The van der Waals surface area contributed by atoms with Gasteiger partial charge < -0.3 is 9.88 Å². The zero-order chi connectivity index (χ0) is 16.4. The molecule has 0 aromatic carbocycles. The number of imidazole rings is 1. The predicted molar refractivity (Wildman–Crippen MR) is 93.9 cm³/mol. The fourth-order valence-corrected chi connectivity index (χ4v) is 3.81. The van der Waals surface area contributed by atoms with Crippen LogP contribution in [-0.2, 0) is 19.5 Å². The van der Waals surface area contributed by atoms with Crippen molar-refractivity contribution in [2.45, 2.75) is 58.2 Å². The summed E-state index contributed by atoms with van der Waals surface area (Å²) in [5.41, 5.74) is 2.43. The van der Waals surface area contributed by atoms with Gasteiger partial charge in [0.25, 0.3) is 0 Å². The second-order valence-electron chi connectivity index (χ2n) is 7.01. The maximum atomic E-state index is 4.68. The highest BCUT2D eigenvalue weighted by Gasteiger charge is 2.22. The van der Waals surface area contributed by atoms with E-state index in [-0.39, 0.29) is 0 Å². The smallest absolute Gasteiger partial charge is 0.129 e. The number of aromatic nitrogens is 4. The fraction of sp³-hybridized carbons (Fsp3) is 0.611. The Morgan fingerprint density at radius 2 is 2.00 bits per heavy atom. The third-order valence-corrected chi connectivity index (χ3v) is 5.19. The molecule has 1 saturated heterocycles. The van der Waals surface area contributed by atoms with Crippen molar-refractivity contribution in [2.75, 3.05) is 18.4 Å². The first-order valence-corrected chi connectivity index (χ1v) is 9.09. The van der Waals surface area contributed by atoms with Crippen molar-refractivity contribution in [1.29, 1.82) is 0 Å². The highest BCUT2D eigenvalue weighted by atomic mass is 15.2. The van der Waals surface area contributed by atoms with Gasteiger partial charge in [0.1, 0.15) is 18.0 Å².